The fraction of sp³-hybridized carbons (Fsp3) is 0.206. The fourth-order valence-electron chi connectivity index (χ4n) is 5.47. The molecule has 13 nitrogen and oxygen atoms in total. The topological polar surface area (TPSA) is 158 Å². The van der Waals surface area contributed by atoms with Crippen LogP contribution in [0, 0.1) is 22.9 Å². The minimum Gasteiger partial charge on any atom is -0.377 e. The molecule has 1 aliphatic heterocycles. The lowest BCUT2D eigenvalue weighted by molar-refractivity contribution is -0.383. The first kappa shape index (κ1) is 33.0. The molecular weight excluding hydrogens is 644 g/mol. The summed E-state index contributed by atoms with van der Waals surface area (Å²) in [6.07, 6.45) is -1.95. The van der Waals surface area contributed by atoms with Gasteiger partial charge in [0.1, 0.15) is 12.4 Å². The third-order valence-electron chi connectivity index (χ3n) is 7.87. The number of benzene rings is 4. The van der Waals surface area contributed by atoms with Crippen LogP contribution in [-0.4, -0.2) is 70.8 Å². The van der Waals surface area contributed by atoms with E-state index in [0.717, 1.165) is 16.5 Å². The second-order valence-corrected chi connectivity index (χ2v) is 11.0. The molecule has 1 aromatic heterocycles. The Balaban J connectivity index is 1.17. The number of ether oxygens (including phenoxy) is 2. The van der Waals surface area contributed by atoms with Gasteiger partial charge in [-0.05, 0) is 53.1 Å². The SMILES string of the molecule is Cc1ccc(-c2cc(F)ccc2N(C(=O)COCCOCCN2C(=O)c3ccccc3C(F)C2=O)c2ccc([N+](=O)[O-])c3nonc23)cc1. The molecule has 3 amide bonds. The van der Waals surface area contributed by atoms with E-state index in [1.807, 2.05) is 19.1 Å². The summed E-state index contributed by atoms with van der Waals surface area (Å²) in [5.41, 5.74) is 1.69. The summed E-state index contributed by atoms with van der Waals surface area (Å²) in [5, 5.41) is 19.1. The maximum Gasteiger partial charge on any atom is 0.300 e. The number of carbonyl (C=O) groups is 3. The van der Waals surface area contributed by atoms with Crippen LogP contribution < -0.4 is 4.90 Å². The van der Waals surface area contributed by atoms with Crippen molar-refractivity contribution in [3.05, 3.63) is 111 Å². The molecule has 0 saturated heterocycles. The molecule has 0 fully saturated rings. The van der Waals surface area contributed by atoms with Crippen molar-refractivity contribution >= 4 is 45.8 Å². The van der Waals surface area contributed by atoms with Gasteiger partial charge >= 0.3 is 5.69 Å². The van der Waals surface area contributed by atoms with Crippen molar-refractivity contribution in [3.63, 3.8) is 0 Å². The molecule has 2 heterocycles. The van der Waals surface area contributed by atoms with Gasteiger partial charge in [0.05, 0.1) is 42.7 Å². The molecule has 0 saturated carbocycles. The predicted octanol–water partition coefficient (Wildman–Crippen LogP) is 5.64. The molecule has 5 aromatic rings. The van der Waals surface area contributed by atoms with Crippen molar-refractivity contribution in [1.82, 2.24) is 15.2 Å². The third kappa shape index (κ3) is 6.61. The lowest BCUT2D eigenvalue weighted by Gasteiger charge is -2.28. The van der Waals surface area contributed by atoms with Gasteiger partial charge in [-0.1, -0.05) is 48.0 Å². The van der Waals surface area contributed by atoms with E-state index < -0.39 is 46.9 Å². The Labute approximate surface area is 276 Å². The van der Waals surface area contributed by atoms with Crippen molar-refractivity contribution in [3.8, 4) is 11.1 Å². The highest BCUT2D eigenvalue weighted by Crippen LogP contribution is 2.40. The second-order valence-electron chi connectivity index (χ2n) is 11.0. The standard InChI is InChI=1S/C34H27F2N5O8/c1-20-6-8-21(9-7-20)25-18-22(35)10-11-26(25)40(27-12-13-28(41(45)46)32-31(27)37-49-38-32)29(42)19-48-17-16-47-15-14-39-33(43)24-5-3-2-4-23(24)30(36)34(39)44/h2-13,18,30H,14-17,19H2,1H3. The molecule has 1 unspecified atom stereocenters. The molecule has 4 aromatic carbocycles. The van der Waals surface area contributed by atoms with E-state index in [4.69, 9.17) is 14.1 Å². The van der Waals surface area contributed by atoms with Crippen LogP contribution in [-0.2, 0) is 19.1 Å². The highest BCUT2D eigenvalue weighted by Gasteiger charge is 2.38. The van der Waals surface area contributed by atoms with Gasteiger partial charge in [0.2, 0.25) is 11.7 Å². The molecule has 0 radical (unpaired) electrons. The number of aryl methyl sites for hydroxylation is 1. The van der Waals surface area contributed by atoms with Gasteiger partial charge in [-0.2, -0.15) is 0 Å². The Kier molecular flexibility index (Phi) is 9.46. The monoisotopic (exact) mass is 671 g/mol. The van der Waals surface area contributed by atoms with Crippen LogP contribution in [0.3, 0.4) is 0 Å². The lowest BCUT2D eigenvalue weighted by atomic mass is 9.97. The molecule has 0 spiro atoms. The number of carbonyl (C=O) groups excluding carboxylic acids is 3. The first-order chi connectivity index (χ1) is 23.7. The van der Waals surface area contributed by atoms with E-state index in [1.165, 1.54) is 41.3 Å². The second kappa shape index (κ2) is 14.0. The highest BCUT2D eigenvalue weighted by molar-refractivity contribution is 6.11. The number of hydrogen-bond acceptors (Lipinski definition) is 10. The first-order valence-electron chi connectivity index (χ1n) is 15.0. The zero-order chi connectivity index (χ0) is 34.7. The Bertz CT molecular complexity index is 2070. The van der Waals surface area contributed by atoms with E-state index in [0.29, 0.717) is 11.1 Å². The van der Waals surface area contributed by atoms with E-state index in [1.54, 1.807) is 24.3 Å². The molecule has 1 atom stereocenters. The van der Waals surface area contributed by atoms with Gasteiger partial charge in [-0.15, -0.1) is 0 Å². The van der Waals surface area contributed by atoms with Gasteiger partial charge in [0.25, 0.3) is 17.7 Å². The maximum atomic E-state index is 14.6. The van der Waals surface area contributed by atoms with Crippen LogP contribution in [0.15, 0.2) is 83.5 Å². The minimum atomic E-state index is -1.95. The summed E-state index contributed by atoms with van der Waals surface area (Å²) in [6, 6.07) is 19.5. The van der Waals surface area contributed by atoms with Crippen molar-refractivity contribution in [1.29, 1.82) is 0 Å². The number of rotatable bonds is 12. The smallest absolute Gasteiger partial charge is 0.300 e. The third-order valence-corrected chi connectivity index (χ3v) is 7.87. The van der Waals surface area contributed by atoms with Gasteiger partial charge in [-0.25, -0.2) is 13.4 Å². The normalized spacial score (nSPS) is 14.3. The van der Waals surface area contributed by atoms with E-state index in [2.05, 4.69) is 10.3 Å². The summed E-state index contributed by atoms with van der Waals surface area (Å²) in [6.45, 7) is 0.952. The number of nitrogens with zero attached hydrogens (tertiary/aromatic N) is 5. The summed E-state index contributed by atoms with van der Waals surface area (Å²) in [5.74, 6) is -2.79. The van der Waals surface area contributed by atoms with E-state index in [-0.39, 0.29) is 59.9 Å². The zero-order valence-electron chi connectivity index (χ0n) is 25.9. The molecule has 0 N–H and O–H groups in total. The summed E-state index contributed by atoms with van der Waals surface area (Å²) in [7, 11) is 0. The van der Waals surface area contributed by atoms with Gasteiger partial charge in [0, 0.05) is 22.8 Å². The van der Waals surface area contributed by atoms with Crippen molar-refractivity contribution < 1.29 is 42.2 Å². The van der Waals surface area contributed by atoms with Crippen molar-refractivity contribution in [2.24, 2.45) is 0 Å². The minimum absolute atomic E-state index is 0.0303. The summed E-state index contributed by atoms with van der Waals surface area (Å²) in [4.78, 5) is 52.0. The average Bonchev–Trinajstić information content (AvgIpc) is 3.59. The number of hydrogen-bond donors (Lipinski definition) is 0. The van der Waals surface area contributed by atoms with Crippen LogP contribution in [0.4, 0.5) is 25.8 Å². The van der Waals surface area contributed by atoms with Crippen LogP contribution in [0.5, 0.6) is 0 Å². The van der Waals surface area contributed by atoms with Crippen LogP contribution in [0.2, 0.25) is 0 Å². The van der Waals surface area contributed by atoms with Crippen LogP contribution in [0.25, 0.3) is 22.2 Å². The number of halogens is 2. The molecule has 0 bridgehead atoms. The molecule has 0 aliphatic carbocycles. The molecule has 15 heteroatoms. The molecule has 49 heavy (non-hydrogen) atoms. The number of fused-ring (bicyclic) bond motifs is 2. The van der Waals surface area contributed by atoms with E-state index >= 15 is 0 Å². The van der Waals surface area contributed by atoms with Crippen LogP contribution in [0.1, 0.15) is 27.7 Å². The lowest BCUT2D eigenvalue weighted by Crippen LogP contribution is -2.45. The van der Waals surface area contributed by atoms with Crippen LogP contribution >= 0.6 is 0 Å². The largest absolute Gasteiger partial charge is 0.377 e. The molecular formula is C34H27F2N5O8. The Hall–Kier alpha value is -5.93. The summed E-state index contributed by atoms with van der Waals surface area (Å²) < 4.78 is 45.1. The number of imide groups is 1. The molecule has 6 rings (SSSR count). The molecule has 1 aliphatic rings. The predicted molar refractivity (Wildman–Crippen MR) is 170 cm³/mol. The first-order valence-corrected chi connectivity index (χ1v) is 15.0. The number of nitro benzene ring substituents is 1. The highest BCUT2D eigenvalue weighted by atomic mass is 19.1. The number of alkyl halides is 1. The maximum absolute atomic E-state index is 14.6. The van der Waals surface area contributed by atoms with Crippen molar-refractivity contribution in [2.75, 3.05) is 37.9 Å². The van der Waals surface area contributed by atoms with Gasteiger partial charge in [-0.3, -0.25) is 34.3 Å². The quantitative estimate of drug-likeness (QED) is 0.0704. The van der Waals surface area contributed by atoms with Crippen molar-refractivity contribution in [2.45, 2.75) is 13.1 Å². The van der Waals surface area contributed by atoms with Gasteiger partial charge in [0.15, 0.2) is 5.52 Å². The number of anilines is 2. The Morgan fingerprint density at radius 2 is 1.65 bits per heavy atom. The summed E-state index contributed by atoms with van der Waals surface area (Å²) >= 11 is 0. The number of amides is 3. The number of aromatic nitrogens is 2. The fourth-order valence-corrected chi connectivity index (χ4v) is 5.47. The average molecular weight is 672 g/mol. The van der Waals surface area contributed by atoms with Gasteiger partial charge < -0.3 is 9.47 Å². The number of nitro groups is 1. The molecule has 250 valence electrons. The number of non-ortho nitro benzene ring substituents is 1. The Morgan fingerprint density at radius 3 is 2.43 bits per heavy atom. The zero-order valence-corrected chi connectivity index (χ0v) is 25.9. The van der Waals surface area contributed by atoms with E-state index in [9.17, 15) is 33.3 Å². The Morgan fingerprint density at radius 1 is 0.939 bits per heavy atom.